The molecule has 6 heteroatoms. The second-order valence-electron chi connectivity index (χ2n) is 7.07. The van der Waals surface area contributed by atoms with Crippen LogP contribution in [0.4, 0.5) is 0 Å². The normalized spacial score (nSPS) is 37.4. The Hall–Kier alpha value is 0.0169. The molecule has 114 valence electrons. The minimum atomic E-state index is -2.06. The van der Waals surface area contributed by atoms with E-state index in [1.807, 2.05) is 0 Å². The molecule has 0 aliphatic heterocycles. The Morgan fingerprint density at radius 1 is 1.05 bits per heavy atom. The van der Waals surface area contributed by atoms with Gasteiger partial charge in [0.25, 0.3) is 0 Å². The van der Waals surface area contributed by atoms with E-state index in [2.05, 4.69) is 33.9 Å². The fourth-order valence-electron chi connectivity index (χ4n) is 2.13. The van der Waals surface area contributed by atoms with Crippen molar-refractivity contribution in [3.63, 3.8) is 0 Å². The van der Waals surface area contributed by atoms with Gasteiger partial charge in [0.05, 0.1) is 12.2 Å². The highest BCUT2D eigenvalue weighted by Gasteiger charge is 2.47. The molecule has 0 unspecified atom stereocenters. The summed E-state index contributed by atoms with van der Waals surface area (Å²) in [4.78, 5) is 0. The average Bonchev–Trinajstić information content (AvgIpc) is 2.28. The Kier molecular flexibility index (Phi) is 5.20. The Bertz CT molecular complexity index is 300. The highest BCUT2D eigenvalue weighted by atomic mass is 28.4. The number of aliphatic hydroxyl groups excluding tert-OH is 4. The van der Waals surface area contributed by atoms with Gasteiger partial charge in [-0.25, -0.2) is 0 Å². The van der Waals surface area contributed by atoms with Gasteiger partial charge in [-0.15, -0.1) is 0 Å². The van der Waals surface area contributed by atoms with E-state index in [4.69, 9.17) is 4.43 Å². The SMILES string of the molecule is CC(C)(C)[Si](C)(C)O[C@@H]1C[C@@H](CO)[C@H](O)[C@@H](O)[C@H]1O. The van der Waals surface area contributed by atoms with E-state index in [0.717, 1.165) is 0 Å². The zero-order valence-electron chi connectivity index (χ0n) is 12.5. The van der Waals surface area contributed by atoms with Crippen LogP contribution in [-0.2, 0) is 4.43 Å². The first-order valence-corrected chi connectivity index (χ1v) is 9.75. The van der Waals surface area contributed by atoms with E-state index in [0.29, 0.717) is 6.42 Å². The van der Waals surface area contributed by atoms with Crippen molar-refractivity contribution in [2.75, 3.05) is 6.61 Å². The fourth-order valence-corrected chi connectivity index (χ4v) is 3.48. The van der Waals surface area contributed by atoms with Gasteiger partial charge in [0.1, 0.15) is 12.2 Å². The van der Waals surface area contributed by atoms with E-state index >= 15 is 0 Å². The molecule has 0 heterocycles. The lowest BCUT2D eigenvalue weighted by Gasteiger charge is -2.45. The Labute approximate surface area is 116 Å². The first-order valence-electron chi connectivity index (χ1n) is 6.84. The minimum Gasteiger partial charge on any atom is -0.411 e. The molecule has 0 aromatic heterocycles. The first kappa shape index (κ1) is 17.1. The summed E-state index contributed by atoms with van der Waals surface area (Å²) in [6, 6.07) is 0. The van der Waals surface area contributed by atoms with E-state index in [9.17, 15) is 20.4 Å². The maximum atomic E-state index is 10.1. The second kappa shape index (κ2) is 5.79. The van der Waals surface area contributed by atoms with Crippen molar-refractivity contribution >= 4 is 8.32 Å². The molecule has 0 spiro atoms. The van der Waals surface area contributed by atoms with Gasteiger partial charge in [0, 0.05) is 12.5 Å². The molecule has 4 N–H and O–H groups in total. The van der Waals surface area contributed by atoms with Crippen LogP contribution in [0.15, 0.2) is 0 Å². The maximum Gasteiger partial charge on any atom is 0.192 e. The van der Waals surface area contributed by atoms with E-state index in [1.54, 1.807) is 0 Å². The number of rotatable bonds is 3. The molecule has 1 aliphatic rings. The van der Waals surface area contributed by atoms with Crippen LogP contribution in [0.3, 0.4) is 0 Å². The van der Waals surface area contributed by atoms with Crippen molar-refractivity contribution in [3.8, 4) is 0 Å². The van der Waals surface area contributed by atoms with Gasteiger partial charge in [-0.05, 0) is 24.6 Å². The van der Waals surface area contributed by atoms with Crippen LogP contribution >= 0.6 is 0 Å². The summed E-state index contributed by atoms with van der Waals surface area (Å²) in [6.07, 6.45) is -3.63. The molecule has 19 heavy (non-hydrogen) atoms. The molecule has 1 rings (SSSR count). The summed E-state index contributed by atoms with van der Waals surface area (Å²) in [5, 5.41) is 38.9. The predicted molar refractivity (Wildman–Crippen MR) is 75.3 cm³/mol. The van der Waals surface area contributed by atoms with Crippen molar-refractivity contribution < 1.29 is 24.9 Å². The Morgan fingerprint density at radius 2 is 1.58 bits per heavy atom. The largest absolute Gasteiger partial charge is 0.411 e. The number of hydrogen-bond acceptors (Lipinski definition) is 5. The highest BCUT2D eigenvalue weighted by Crippen LogP contribution is 2.39. The first-order chi connectivity index (χ1) is 8.51. The number of hydrogen-bond donors (Lipinski definition) is 4. The lowest BCUT2D eigenvalue weighted by Crippen LogP contribution is -2.58. The van der Waals surface area contributed by atoms with Gasteiger partial charge in [-0.2, -0.15) is 0 Å². The van der Waals surface area contributed by atoms with Gasteiger partial charge in [0.15, 0.2) is 8.32 Å². The summed E-state index contributed by atoms with van der Waals surface area (Å²) in [7, 11) is -2.06. The standard InChI is InChI=1S/C13H28O5Si/c1-13(2,3)19(4,5)18-9-6-8(7-14)10(15)12(17)11(9)16/h8-12,14-17H,6-7H2,1-5H3/t8-,9+,10-,11-,12+/m0/s1. The van der Waals surface area contributed by atoms with Crippen molar-refractivity contribution in [2.45, 2.75) is 69.7 Å². The molecule has 0 aromatic rings. The minimum absolute atomic E-state index is 0.00243. The van der Waals surface area contributed by atoms with Crippen LogP contribution in [0, 0.1) is 5.92 Å². The van der Waals surface area contributed by atoms with Gasteiger partial charge < -0.3 is 24.9 Å². The molecule has 5 nitrogen and oxygen atoms in total. The van der Waals surface area contributed by atoms with Crippen LogP contribution in [0.1, 0.15) is 27.2 Å². The highest BCUT2D eigenvalue weighted by molar-refractivity contribution is 6.74. The second-order valence-corrected chi connectivity index (χ2v) is 11.8. The molecular formula is C13H28O5Si. The molecule has 0 amide bonds. The molecule has 1 aliphatic carbocycles. The summed E-state index contributed by atoms with van der Waals surface area (Å²) >= 11 is 0. The lowest BCUT2D eigenvalue weighted by atomic mass is 9.81. The van der Waals surface area contributed by atoms with Crippen molar-refractivity contribution in [3.05, 3.63) is 0 Å². The molecule has 1 saturated carbocycles. The molecule has 5 atom stereocenters. The third-order valence-electron chi connectivity index (χ3n) is 4.59. The Balaban J connectivity index is 2.83. The van der Waals surface area contributed by atoms with Crippen LogP contribution in [0.5, 0.6) is 0 Å². The molecule has 0 radical (unpaired) electrons. The third-order valence-corrected chi connectivity index (χ3v) is 9.09. The fraction of sp³-hybridized carbons (Fsp3) is 1.00. The van der Waals surface area contributed by atoms with Crippen molar-refractivity contribution in [1.29, 1.82) is 0 Å². The molecular weight excluding hydrogens is 264 g/mol. The van der Waals surface area contributed by atoms with Gasteiger partial charge in [-0.3, -0.25) is 0 Å². The monoisotopic (exact) mass is 292 g/mol. The molecule has 1 fully saturated rings. The van der Waals surface area contributed by atoms with Gasteiger partial charge >= 0.3 is 0 Å². The quantitative estimate of drug-likeness (QED) is 0.568. The molecule has 0 saturated heterocycles. The molecule has 0 bridgehead atoms. The lowest BCUT2D eigenvalue weighted by molar-refractivity contribution is -0.159. The molecule has 0 aromatic carbocycles. The average molecular weight is 292 g/mol. The maximum absolute atomic E-state index is 10.1. The smallest absolute Gasteiger partial charge is 0.192 e. The summed E-state index contributed by atoms with van der Waals surface area (Å²) in [6.45, 7) is 10.2. The van der Waals surface area contributed by atoms with Crippen molar-refractivity contribution in [2.24, 2.45) is 5.92 Å². The van der Waals surface area contributed by atoms with Gasteiger partial charge in [-0.1, -0.05) is 20.8 Å². The van der Waals surface area contributed by atoms with Crippen LogP contribution in [-0.4, -0.2) is 59.8 Å². The topological polar surface area (TPSA) is 90.2 Å². The van der Waals surface area contributed by atoms with Crippen LogP contribution in [0.2, 0.25) is 18.1 Å². The Morgan fingerprint density at radius 3 is 2.00 bits per heavy atom. The summed E-state index contributed by atoms with van der Waals surface area (Å²) < 4.78 is 6.11. The number of aliphatic hydroxyl groups is 4. The van der Waals surface area contributed by atoms with Crippen LogP contribution in [0.25, 0.3) is 0 Å². The van der Waals surface area contributed by atoms with E-state index in [1.165, 1.54) is 0 Å². The summed E-state index contributed by atoms with van der Waals surface area (Å²) in [5.41, 5.74) is 0. The zero-order valence-corrected chi connectivity index (χ0v) is 13.5. The van der Waals surface area contributed by atoms with E-state index < -0.39 is 38.7 Å². The van der Waals surface area contributed by atoms with Crippen LogP contribution < -0.4 is 0 Å². The predicted octanol–water partition coefficient (Wildman–Crippen LogP) is 0.472. The van der Waals surface area contributed by atoms with E-state index in [-0.39, 0.29) is 11.6 Å². The van der Waals surface area contributed by atoms with Gasteiger partial charge in [0.2, 0.25) is 0 Å². The third kappa shape index (κ3) is 3.56. The zero-order chi connectivity index (χ0) is 15.0. The summed E-state index contributed by atoms with van der Waals surface area (Å²) in [5.74, 6) is -0.451. The van der Waals surface area contributed by atoms with Crippen molar-refractivity contribution in [1.82, 2.24) is 0 Å².